The number of aryl methyl sites for hydroxylation is 1. The van der Waals surface area contributed by atoms with Crippen molar-refractivity contribution in [2.45, 2.75) is 26.4 Å². The molecular formula is C20H20Cl2N4O. The van der Waals surface area contributed by atoms with E-state index in [2.05, 4.69) is 9.97 Å². The molecule has 140 valence electrons. The van der Waals surface area contributed by atoms with E-state index in [0.717, 1.165) is 11.1 Å². The number of hydrogen-bond acceptors (Lipinski definition) is 3. The third kappa shape index (κ3) is 4.49. The normalized spacial score (nSPS) is 11.0. The third-order valence-electron chi connectivity index (χ3n) is 4.19. The summed E-state index contributed by atoms with van der Waals surface area (Å²) in [5, 5.41) is 1.17. The number of halogens is 2. The molecule has 3 aromatic rings. The van der Waals surface area contributed by atoms with E-state index in [1.54, 1.807) is 46.4 Å². The van der Waals surface area contributed by atoms with E-state index in [9.17, 15) is 4.79 Å². The summed E-state index contributed by atoms with van der Waals surface area (Å²) in [6.45, 7) is 4.41. The van der Waals surface area contributed by atoms with Crippen LogP contribution in [0.3, 0.4) is 0 Å². The minimum atomic E-state index is -0.107. The van der Waals surface area contributed by atoms with E-state index < -0.39 is 0 Å². The minimum Gasteiger partial charge on any atom is -0.340 e. The van der Waals surface area contributed by atoms with Crippen molar-refractivity contribution in [1.29, 1.82) is 0 Å². The summed E-state index contributed by atoms with van der Waals surface area (Å²) in [5.74, 6) is -0.107. The molecule has 0 saturated heterocycles. The molecule has 0 aliphatic carbocycles. The van der Waals surface area contributed by atoms with Gasteiger partial charge in [-0.25, -0.2) is 4.98 Å². The molecule has 2 aromatic heterocycles. The Labute approximate surface area is 168 Å². The van der Waals surface area contributed by atoms with E-state index >= 15 is 0 Å². The van der Waals surface area contributed by atoms with E-state index in [0.29, 0.717) is 28.0 Å². The predicted octanol–water partition coefficient (Wildman–Crippen LogP) is 4.84. The van der Waals surface area contributed by atoms with Gasteiger partial charge in [0, 0.05) is 42.6 Å². The molecule has 27 heavy (non-hydrogen) atoms. The highest BCUT2D eigenvalue weighted by Crippen LogP contribution is 2.30. The maximum atomic E-state index is 12.9. The fraction of sp³-hybridized carbons (Fsp3) is 0.250. The van der Waals surface area contributed by atoms with Crippen molar-refractivity contribution in [2.24, 2.45) is 7.05 Å². The largest absolute Gasteiger partial charge is 0.340 e. The Morgan fingerprint density at radius 2 is 1.96 bits per heavy atom. The zero-order chi connectivity index (χ0) is 19.6. The summed E-state index contributed by atoms with van der Waals surface area (Å²) in [5.41, 5.74) is 2.86. The van der Waals surface area contributed by atoms with Gasteiger partial charge in [-0.05, 0) is 49.7 Å². The number of carbonyl (C=O) groups excluding carboxylic acids is 1. The van der Waals surface area contributed by atoms with Crippen LogP contribution in [0.1, 0.15) is 29.9 Å². The van der Waals surface area contributed by atoms with Crippen LogP contribution in [0.15, 0.2) is 49.1 Å². The summed E-state index contributed by atoms with van der Waals surface area (Å²) in [6, 6.07) is 9.12. The highest BCUT2D eigenvalue weighted by molar-refractivity contribution is 6.35. The second kappa shape index (κ2) is 8.11. The molecule has 0 radical (unpaired) electrons. The molecule has 1 aromatic carbocycles. The Balaban J connectivity index is 1.89. The number of pyridine rings is 1. The standard InChI is InChI=1S/C20H20Cl2N4O/c1-13(2)26(20(27)19-11-25(3)12-24-19)10-14-6-7-23-18(8-14)16-9-15(21)4-5-17(16)22/h4-9,11-13H,10H2,1-3H3. The van der Waals surface area contributed by atoms with Gasteiger partial charge in [-0.2, -0.15) is 0 Å². The van der Waals surface area contributed by atoms with Gasteiger partial charge in [0.15, 0.2) is 0 Å². The lowest BCUT2D eigenvalue weighted by Crippen LogP contribution is -2.36. The number of amides is 1. The van der Waals surface area contributed by atoms with E-state index in [4.69, 9.17) is 23.2 Å². The second-order valence-electron chi connectivity index (χ2n) is 6.62. The van der Waals surface area contributed by atoms with Crippen molar-refractivity contribution in [2.75, 3.05) is 0 Å². The average Bonchev–Trinajstić information content (AvgIpc) is 3.07. The fourth-order valence-corrected chi connectivity index (χ4v) is 3.16. The van der Waals surface area contributed by atoms with Gasteiger partial charge >= 0.3 is 0 Å². The lowest BCUT2D eigenvalue weighted by atomic mass is 10.1. The summed E-state index contributed by atoms with van der Waals surface area (Å²) >= 11 is 12.4. The molecule has 0 atom stereocenters. The Hall–Kier alpha value is -2.37. The quantitative estimate of drug-likeness (QED) is 0.613. The first kappa shape index (κ1) is 19.4. The van der Waals surface area contributed by atoms with Gasteiger partial charge in [-0.15, -0.1) is 0 Å². The van der Waals surface area contributed by atoms with Crippen molar-refractivity contribution in [3.63, 3.8) is 0 Å². The Kier molecular flexibility index (Phi) is 5.82. The highest BCUT2D eigenvalue weighted by atomic mass is 35.5. The molecule has 5 nitrogen and oxygen atoms in total. The van der Waals surface area contributed by atoms with E-state index in [1.807, 2.05) is 33.0 Å². The van der Waals surface area contributed by atoms with Crippen molar-refractivity contribution < 1.29 is 4.79 Å². The maximum absolute atomic E-state index is 12.9. The minimum absolute atomic E-state index is 0.0193. The van der Waals surface area contributed by atoms with Crippen molar-refractivity contribution in [1.82, 2.24) is 19.4 Å². The number of carbonyl (C=O) groups is 1. The molecule has 2 heterocycles. The first-order valence-corrected chi connectivity index (χ1v) is 9.30. The predicted molar refractivity (Wildman–Crippen MR) is 108 cm³/mol. The van der Waals surface area contributed by atoms with Gasteiger partial charge in [0.1, 0.15) is 5.69 Å². The molecule has 0 aliphatic heterocycles. The summed E-state index contributed by atoms with van der Waals surface area (Å²) in [4.78, 5) is 23.2. The van der Waals surface area contributed by atoms with Crippen molar-refractivity contribution >= 4 is 29.1 Å². The van der Waals surface area contributed by atoms with Crippen molar-refractivity contribution in [3.05, 3.63) is 70.4 Å². The molecule has 0 bridgehead atoms. The summed E-state index contributed by atoms with van der Waals surface area (Å²) < 4.78 is 1.76. The maximum Gasteiger partial charge on any atom is 0.274 e. The zero-order valence-corrected chi connectivity index (χ0v) is 16.9. The second-order valence-corrected chi connectivity index (χ2v) is 7.47. The average molecular weight is 403 g/mol. The lowest BCUT2D eigenvalue weighted by Gasteiger charge is -2.26. The number of rotatable bonds is 5. The molecule has 3 rings (SSSR count). The SMILES string of the molecule is CC(C)N(Cc1ccnc(-c2cc(Cl)ccc2Cl)c1)C(=O)c1cn(C)cn1. The smallest absolute Gasteiger partial charge is 0.274 e. The van der Waals surface area contributed by atoms with Gasteiger partial charge in [0.2, 0.25) is 0 Å². The highest BCUT2D eigenvalue weighted by Gasteiger charge is 2.21. The van der Waals surface area contributed by atoms with Gasteiger partial charge in [0.25, 0.3) is 5.91 Å². The number of nitrogens with zero attached hydrogens (tertiary/aromatic N) is 4. The molecule has 0 saturated carbocycles. The Bertz CT molecular complexity index is 968. The van der Waals surface area contributed by atoms with Gasteiger partial charge in [0.05, 0.1) is 17.0 Å². The number of imidazole rings is 1. The lowest BCUT2D eigenvalue weighted by molar-refractivity contribution is 0.0684. The monoisotopic (exact) mass is 402 g/mol. The van der Waals surface area contributed by atoms with Crippen LogP contribution >= 0.6 is 23.2 Å². The summed E-state index contributed by atoms with van der Waals surface area (Å²) in [6.07, 6.45) is 5.06. The van der Waals surface area contributed by atoms with Crippen LogP contribution in [0.4, 0.5) is 0 Å². The van der Waals surface area contributed by atoms with Gasteiger partial charge < -0.3 is 9.47 Å². The first-order chi connectivity index (χ1) is 12.8. The molecule has 0 fully saturated rings. The first-order valence-electron chi connectivity index (χ1n) is 8.54. The Morgan fingerprint density at radius 3 is 2.63 bits per heavy atom. The van der Waals surface area contributed by atoms with Crippen LogP contribution in [0.25, 0.3) is 11.3 Å². The molecule has 7 heteroatoms. The fourth-order valence-electron chi connectivity index (χ4n) is 2.77. The molecule has 0 N–H and O–H groups in total. The number of benzene rings is 1. The number of aromatic nitrogens is 3. The third-order valence-corrected chi connectivity index (χ3v) is 4.75. The van der Waals surface area contributed by atoms with Crippen molar-refractivity contribution in [3.8, 4) is 11.3 Å². The van der Waals surface area contributed by atoms with Crippen LogP contribution in [0.2, 0.25) is 10.0 Å². The number of hydrogen-bond donors (Lipinski definition) is 0. The molecule has 1 amide bonds. The molecule has 0 aliphatic rings. The van der Waals surface area contributed by atoms with Crippen LogP contribution < -0.4 is 0 Å². The zero-order valence-electron chi connectivity index (χ0n) is 15.4. The topological polar surface area (TPSA) is 51.0 Å². The van der Waals surface area contributed by atoms with Crippen LogP contribution in [0, 0.1) is 0 Å². The Morgan fingerprint density at radius 1 is 1.19 bits per heavy atom. The molecule has 0 spiro atoms. The molecule has 0 unspecified atom stereocenters. The molecular weight excluding hydrogens is 383 g/mol. The van der Waals surface area contributed by atoms with Crippen LogP contribution in [0.5, 0.6) is 0 Å². The van der Waals surface area contributed by atoms with Crippen LogP contribution in [-0.2, 0) is 13.6 Å². The van der Waals surface area contributed by atoms with E-state index in [1.165, 1.54) is 0 Å². The van der Waals surface area contributed by atoms with Gasteiger partial charge in [-0.1, -0.05) is 23.2 Å². The van der Waals surface area contributed by atoms with Crippen LogP contribution in [-0.4, -0.2) is 31.4 Å². The van der Waals surface area contributed by atoms with E-state index in [-0.39, 0.29) is 11.9 Å². The summed E-state index contributed by atoms with van der Waals surface area (Å²) in [7, 11) is 1.84. The van der Waals surface area contributed by atoms with Gasteiger partial charge in [-0.3, -0.25) is 9.78 Å².